The van der Waals surface area contributed by atoms with Crippen molar-refractivity contribution < 1.29 is 10.2 Å². The van der Waals surface area contributed by atoms with Gasteiger partial charge in [0.25, 0.3) is 0 Å². The van der Waals surface area contributed by atoms with Gasteiger partial charge in [-0.05, 0) is 70.0 Å². The van der Waals surface area contributed by atoms with E-state index in [1.165, 1.54) is 17.9 Å². The highest BCUT2D eigenvalue weighted by molar-refractivity contribution is 8.00. The molecule has 0 radical (unpaired) electrons. The summed E-state index contributed by atoms with van der Waals surface area (Å²) >= 11 is 3.84. The maximum Gasteiger partial charge on any atom is 0.0599 e. The van der Waals surface area contributed by atoms with Gasteiger partial charge in [-0.1, -0.05) is 0 Å². The van der Waals surface area contributed by atoms with Gasteiger partial charge >= 0.3 is 0 Å². The number of hydrogen-bond acceptors (Lipinski definition) is 4. The molecule has 104 valence electrons. The Labute approximate surface area is 115 Å². The number of aliphatic hydroxyl groups is 2. The van der Waals surface area contributed by atoms with Crippen LogP contribution in [-0.4, -0.2) is 44.4 Å². The van der Waals surface area contributed by atoms with Gasteiger partial charge in [0.1, 0.15) is 0 Å². The molecule has 0 atom stereocenters. The highest BCUT2D eigenvalue weighted by atomic mass is 32.2. The van der Waals surface area contributed by atoms with E-state index in [4.69, 9.17) is 0 Å². The molecule has 17 heavy (non-hydrogen) atoms. The highest BCUT2D eigenvalue weighted by Crippen LogP contribution is 2.16. The summed E-state index contributed by atoms with van der Waals surface area (Å²) in [6.07, 6.45) is 2.94. The van der Waals surface area contributed by atoms with Crippen molar-refractivity contribution in [2.45, 2.75) is 58.2 Å². The molecule has 0 aromatic heterocycles. The lowest BCUT2D eigenvalue weighted by Crippen LogP contribution is -2.19. The first-order chi connectivity index (χ1) is 7.71. The van der Waals surface area contributed by atoms with E-state index in [-0.39, 0.29) is 0 Å². The fourth-order valence-electron chi connectivity index (χ4n) is 1.11. The second kappa shape index (κ2) is 8.68. The zero-order chi connectivity index (χ0) is 13.4. The Kier molecular flexibility index (Phi) is 8.99. The zero-order valence-corrected chi connectivity index (χ0v) is 13.3. The smallest absolute Gasteiger partial charge is 0.0599 e. The first-order valence-electron chi connectivity index (χ1n) is 6.31. The van der Waals surface area contributed by atoms with E-state index in [0.29, 0.717) is 0 Å². The molecule has 0 saturated heterocycles. The molecular weight excluding hydrogens is 252 g/mol. The summed E-state index contributed by atoms with van der Waals surface area (Å²) in [5, 5.41) is 19.1. The second-order valence-corrected chi connectivity index (χ2v) is 8.15. The van der Waals surface area contributed by atoms with Crippen molar-refractivity contribution >= 4 is 23.5 Å². The molecule has 0 saturated carbocycles. The van der Waals surface area contributed by atoms with Crippen molar-refractivity contribution in [1.29, 1.82) is 0 Å². The summed E-state index contributed by atoms with van der Waals surface area (Å²) in [5.41, 5.74) is -1.04. The fourth-order valence-corrected chi connectivity index (χ4v) is 3.69. The van der Waals surface area contributed by atoms with Crippen LogP contribution >= 0.6 is 23.5 Å². The van der Waals surface area contributed by atoms with Gasteiger partial charge in [0, 0.05) is 0 Å². The van der Waals surface area contributed by atoms with E-state index in [1.54, 1.807) is 0 Å². The molecule has 0 bridgehead atoms. The highest BCUT2D eigenvalue weighted by Gasteiger charge is 2.12. The lowest BCUT2D eigenvalue weighted by molar-refractivity contribution is 0.0771. The summed E-state index contributed by atoms with van der Waals surface area (Å²) in [6.45, 7) is 7.44. The van der Waals surface area contributed by atoms with E-state index in [9.17, 15) is 10.2 Å². The monoisotopic (exact) mass is 280 g/mol. The van der Waals surface area contributed by atoms with Crippen LogP contribution in [0.5, 0.6) is 0 Å². The SMILES string of the molecule is CC(C)(O)CCSCCCSCCC(C)(C)O. The molecule has 0 aliphatic heterocycles. The fraction of sp³-hybridized carbons (Fsp3) is 1.00. The minimum atomic E-state index is -0.519. The maximum absolute atomic E-state index is 9.53. The first-order valence-corrected chi connectivity index (χ1v) is 8.62. The Hall–Kier alpha value is 0.620. The van der Waals surface area contributed by atoms with Gasteiger partial charge in [0.05, 0.1) is 11.2 Å². The molecular formula is C13H28O2S2. The normalized spacial score (nSPS) is 13.1. The molecule has 2 N–H and O–H groups in total. The average Bonchev–Trinajstić information content (AvgIpc) is 2.11. The van der Waals surface area contributed by atoms with Crippen LogP contribution in [0.3, 0.4) is 0 Å². The van der Waals surface area contributed by atoms with E-state index < -0.39 is 11.2 Å². The van der Waals surface area contributed by atoms with Gasteiger partial charge < -0.3 is 10.2 Å². The third-order valence-corrected chi connectivity index (χ3v) is 4.43. The Morgan fingerprint density at radius 1 is 0.706 bits per heavy atom. The van der Waals surface area contributed by atoms with Gasteiger partial charge in [-0.3, -0.25) is 0 Å². The van der Waals surface area contributed by atoms with E-state index >= 15 is 0 Å². The summed E-state index contributed by atoms with van der Waals surface area (Å²) in [7, 11) is 0. The predicted octanol–water partition coefficient (Wildman–Crippen LogP) is 3.16. The minimum absolute atomic E-state index is 0.519. The standard InChI is InChI=1S/C13H28O2S2/c1-12(2,14)6-10-16-8-5-9-17-11-7-13(3,4)15/h14-15H,5-11H2,1-4H3. The van der Waals surface area contributed by atoms with Crippen LogP contribution in [0.1, 0.15) is 47.0 Å². The Bertz CT molecular complexity index is 163. The van der Waals surface area contributed by atoms with Crippen molar-refractivity contribution in [2.75, 3.05) is 23.0 Å². The maximum atomic E-state index is 9.53. The Balaban J connectivity index is 3.15. The van der Waals surface area contributed by atoms with Crippen molar-refractivity contribution in [2.24, 2.45) is 0 Å². The van der Waals surface area contributed by atoms with Gasteiger partial charge in [-0.25, -0.2) is 0 Å². The van der Waals surface area contributed by atoms with Crippen LogP contribution in [-0.2, 0) is 0 Å². The molecule has 0 aromatic rings. The minimum Gasteiger partial charge on any atom is -0.390 e. The molecule has 0 aromatic carbocycles. The molecule has 4 heteroatoms. The van der Waals surface area contributed by atoms with Gasteiger partial charge in [-0.2, -0.15) is 23.5 Å². The van der Waals surface area contributed by atoms with Crippen LogP contribution in [0.15, 0.2) is 0 Å². The number of rotatable bonds is 10. The van der Waals surface area contributed by atoms with E-state index in [2.05, 4.69) is 0 Å². The lowest BCUT2D eigenvalue weighted by Gasteiger charge is -2.16. The van der Waals surface area contributed by atoms with E-state index in [0.717, 1.165) is 24.3 Å². The van der Waals surface area contributed by atoms with Gasteiger partial charge in [0.15, 0.2) is 0 Å². The van der Waals surface area contributed by atoms with E-state index in [1.807, 2.05) is 51.2 Å². The number of hydrogen-bond donors (Lipinski definition) is 2. The lowest BCUT2D eigenvalue weighted by atomic mass is 10.1. The molecule has 2 nitrogen and oxygen atoms in total. The predicted molar refractivity (Wildman–Crippen MR) is 81.1 cm³/mol. The van der Waals surface area contributed by atoms with Crippen LogP contribution < -0.4 is 0 Å². The first kappa shape index (κ1) is 17.6. The van der Waals surface area contributed by atoms with Crippen molar-refractivity contribution in [1.82, 2.24) is 0 Å². The molecule has 0 heterocycles. The average molecular weight is 280 g/mol. The van der Waals surface area contributed by atoms with Crippen LogP contribution in [0.2, 0.25) is 0 Å². The molecule has 0 amide bonds. The van der Waals surface area contributed by atoms with Crippen molar-refractivity contribution in [3.63, 3.8) is 0 Å². The summed E-state index contributed by atoms with van der Waals surface area (Å²) in [4.78, 5) is 0. The van der Waals surface area contributed by atoms with Crippen molar-refractivity contribution in [3.05, 3.63) is 0 Å². The molecule has 0 aliphatic carbocycles. The number of thioether (sulfide) groups is 2. The largest absolute Gasteiger partial charge is 0.390 e. The van der Waals surface area contributed by atoms with Gasteiger partial charge in [0.2, 0.25) is 0 Å². The quantitative estimate of drug-likeness (QED) is 0.603. The molecule has 0 rings (SSSR count). The van der Waals surface area contributed by atoms with Crippen LogP contribution in [0.25, 0.3) is 0 Å². The summed E-state index contributed by atoms with van der Waals surface area (Å²) < 4.78 is 0. The topological polar surface area (TPSA) is 40.5 Å². The van der Waals surface area contributed by atoms with Crippen LogP contribution in [0, 0.1) is 0 Å². The second-order valence-electron chi connectivity index (χ2n) is 5.70. The van der Waals surface area contributed by atoms with Gasteiger partial charge in [-0.15, -0.1) is 0 Å². The third kappa shape index (κ3) is 16.6. The third-order valence-electron chi connectivity index (χ3n) is 2.29. The molecule has 0 spiro atoms. The van der Waals surface area contributed by atoms with Crippen LogP contribution in [0.4, 0.5) is 0 Å². The summed E-state index contributed by atoms with van der Waals surface area (Å²) in [6, 6.07) is 0. The Morgan fingerprint density at radius 3 is 1.35 bits per heavy atom. The molecule has 0 fully saturated rings. The van der Waals surface area contributed by atoms with Crippen molar-refractivity contribution in [3.8, 4) is 0 Å². The Morgan fingerprint density at radius 2 is 1.06 bits per heavy atom. The molecule has 0 aliphatic rings. The summed E-state index contributed by atoms with van der Waals surface area (Å²) in [5.74, 6) is 4.42. The zero-order valence-electron chi connectivity index (χ0n) is 11.7. The molecule has 0 unspecified atom stereocenters.